The maximum Gasteiger partial charge on any atom is 0.408 e. The summed E-state index contributed by atoms with van der Waals surface area (Å²) < 4.78 is 5.32. The number of halogens is 1. The molecule has 2 aliphatic rings. The molecule has 3 rings (SSSR count). The number of nitrogens with one attached hydrogen (secondary N) is 1. The van der Waals surface area contributed by atoms with Crippen LogP contribution >= 0.6 is 11.6 Å². The number of amides is 1. The van der Waals surface area contributed by atoms with Crippen molar-refractivity contribution < 1.29 is 9.53 Å². The van der Waals surface area contributed by atoms with Gasteiger partial charge in [-0.2, -0.15) is 0 Å². The highest BCUT2D eigenvalue weighted by atomic mass is 35.5. The van der Waals surface area contributed by atoms with Crippen LogP contribution in [-0.2, 0) is 10.2 Å². The van der Waals surface area contributed by atoms with Gasteiger partial charge in [0.15, 0.2) is 0 Å². The van der Waals surface area contributed by atoms with Crippen molar-refractivity contribution in [1.29, 1.82) is 0 Å². The van der Waals surface area contributed by atoms with E-state index in [2.05, 4.69) is 30.1 Å². The monoisotopic (exact) mass is 345 g/mol. The molecule has 0 aliphatic heterocycles. The molecule has 2 aliphatic carbocycles. The third-order valence-electron chi connectivity index (χ3n) is 4.55. The van der Waals surface area contributed by atoms with E-state index in [4.69, 9.17) is 16.3 Å². The van der Waals surface area contributed by atoms with Crippen LogP contribution in [0.25, 0.3) is 0 Å². The Bertz CT molecular complexity index is 728. The summed E-state index contributed by atoms with van der Waals surface area (Å²) in [5.74, 6) is 6.42. The Morgan fingerprint density at radius 3 is 2.46 bits per heavy atom. The third kappa shape index (κ3) is 4.05. The molecule has 1 N–H and O–H groups in total. The highest BCUT2D eigenvalue weighted by molar-refractivity contribution is 6.31. The second kappa shape index (κ2) is 5.70. The fourth-order valence-corrected chi connectivity index (χ4v) is 2.97. The Kier molecular flexibility index (Phi) is 4.08. The number of alkyl carbamates (subject to hydrolysis) is 1. The predicted molar refractivity (Wildman–Crippen MR) is 96.3 cm³/mol. The first-order chi connectivity index (χ1) is 11.1. The van der Waals surface area contributed by atoms with Crippen LogP contribution in [0.4, 0.5) is 4.79 Å². The summed E-state index contributed by atoms with van der Waals surface area (Å²) in [5.41, 5.74) is 1.39. The lowest BCUT2D eigenvalue weighted by Gasteiger charge is -2.21. The highest BCUT2D eigenvalue weighted by Crippen LogP contribution is 2.50. The first-order valence-electron chi connectivity index (χ1n) is 8.45. The zero-order chi connectivity index (χ0) is 17.6. The fourth-order valence-electron chi connectivity index (χ4n) is 2.62. The smallest absolute Gasteiger partial charge is 0.408 e. The minimum atomic E-state index is -0.502. The molecule has 0 unspecified atom stereocenters. The molecule has 4 heteroatoms. The standard InChI is InChI=1S/C20H24ClNO2/c1-18(2,3)24-17(23)22-20(11-12-20)8-7-14-5-6-16(21)15(13-14)19(4)9-10-19/h5-6,13H,9-12H2,1-4H3,(H,22,23). The summed E-state index contributed by atoms with van der Waals surface area (Å²) in [6.45, 7) is 7.79. The molecule has 128 valence electrons. The van der Waals surface area contributed by atoms with Crippen LogP contribution in [0, 0.1) is 11.8 Å². The van der Waals surface area contributed by atoms with E-state index in [0.717, 1.165) is 23.4 Å². The van der Waals surface area contributed by atoms with Crippen LogP contribution in [0.1, 0.15) is 64.5 Å². The van der Waals surface area contributed by atoms with Crippen molar-refractivity contribution in [3.63, 3.8) is 0 Å². The lowest BCUT2D eigenvalue weighted by Crippen LogP contribution is -2.39. The van der Waals surface area contributed by atoms with Gasteiger partial charge in [0.1, 0.15) is 11.1 Å². The molecule has 0 atom stereocenters. The topological polar surface area (TPSA) is 38.3 Å². The van der Waals surface area contributed by atoms with Gasteiger partial charge < -0.3 is 10.1 Å². The van der Waals surface area contributed by atoms with Crippen molar-refractivity contribution in [2.24, 2.45) is 0 Å². The average molecular weight is 346 g/mol. The van der Waals surface area contributed by atoms with Crippen molar-refractivity contribution >= 4 is 17.7 Å². The zero-order valence-corrected chi connectivity index (χ0v) is 15.5. The van der Waals surface area contributed by atoms with Crippen molar-refractivity contribution in [1.82, 2.24) is 5.32 Å². The van der Waals surface area contributed by atoms with Crippen molar-refractivity contribution in [3.8, 4) is 11.8 Å². The number of hydrogen-bond acceptors (Lipinski definition) is 2. The minimum absolute atomic E-state index is 0.209. The van der Waals surface area contributed by atoms with E-state index in [-0.39, 0.29) is 5.41 Å². The van der Waals surface area contributed by atoms with Gasteiger partial charge in [-0.1, -0.05) is 30.4 Å². The Labute approximate surface area is 149 Å². The van der Waals surface area contributed by atoms with Crippen molar-refractivity contribution in [2.45, 2.75) is 69.9 Å². The number of benzene rings is 1. The number of rotatable bonds is 2. The van der Waals surface area contributed by atoms with E-state index >= 15 is 0 Å². The molecule has 0 spiro atoms. The molecule has 0 radical (unpaired) electrons. The van der Waals surface area contributed by atoms with E-state index in [1.807, 2.05) is 32.9 Å². The summed E-state index contributed by atoms with van der Waals surface area (Å²) in [4.78, 5) is 11.9. The maximum atomic E-state index is 11.9. The van der Waals surface area contributed by atoms with Crippen molar-refractivity contribution in [2.75, 3.05) is 0 Å². The maximum absolute atomic E-state index is 11.9. The quantitative estimate of drug-likeness (QED) is 0.782. The van der Waals surface area contributed by atoms with Gasteiger partial charge in [-0.3, -0.25) is 0 Å². The number of ether oxygens (including phenoxy) is 1. The Hall–Kier alpha value is -1.66. The van der Waals surface area contributed by atoms with Gasteiger partial charge in [-0.05, 0) is 75.6 Å². The predicted octanol–water partition coefficient (Wildman–Crippen LogP) is 4.80. The second-order valence-electron chi connectivity index (χ2n) is 8.21. The van der Waals surface area contributed by atoms with Crippen LogP contribution in [0.5, 0.6) is 0 Å². The Morgan fingerprint density at radius 2 is 1.92 bits per heavy atom. The SMILES string of the molecule is CC(C)(C)OC(=O)NC1(C#Cc2ccc(Cl)c(C3(C)CC3)c2)CC1. The second-order valence-corrected chi connectivity index (χ2v) is 8.62. The lowest BCUT2D eigenvalue weighted by atomic mass is 9.96. The molecule has 0 aromatic heterocycles. The summed E-state index contributed by atoms with van der Waals surface area (Å²) in [6, 6.07) is 5.95. The highest BCUT2D eigenvalue weighted by Gasteiger charge is 2.44. The van der Waals surface area contributed by atoms with Gasteiger partial charge in [0.25, 0.3) is 0 Å². The molecule has 1 aromatic carbocycles. The van der Waals surface area contributed by atoms with Gasteiger partial charge in [-0.25, -0.2) is 4.79 Å². The summed E-state index contributed by atoms with van der Waals surface area (Å²) in [7, 11) is 0. The molecule has 1 amide bonds. The molecular weight excluding hydrogens is 322 g/mol. The number of carbonyl (C=O) groups is 1. The molecule has 2 saturated carbocycles. The van der Waals surface area contributed by atoms with Gasteiger partial charge in [0.2, 0.25) is 0 Å². The first-order valence-corrected chi connectivity index (χ1v) is 8.83. The van der Waals surface area contributed by atoms with Crippen molar-refractivity contribution in [3.05, 3.63) is 34.3 Å². The molecular formula is C20H24ClNO2. The van der Waals surface area contributed by atoms with Crippen LogP contribution < -0.4 is 5.32 Å². The van der Waals surface area contributed by atoms with E-state index in [1.54, 1.807) is 0 Å². The first kappa shape index (κ1) is 17.2. The lowest BCUT2D eigenvalue weighted by molar-refractivity contribution is 0.0511. The molecule has 3 nitrogen and oxygen atoms in total. The molecule has 0 heterocycles. The summed E-state index contributed by atoms with van der Waals surface area (Å²) in [5, 5.41) is 3.72. The van der Waals surface area contributed by atoms with Crippen LogP contribution in [0.3, 0.4) is 0 Å². The van der Waals surface area contributed by atoms with E-state index < -0.39 is 17.2 Å². The summed E-state index contributed by atoms with van der Waals surface area (Å²) in [6.07, 6.45) is 3.66. The number of hydrogen-bond donors (Lipinski definition) is 1. The number of carbonyl (C=O) groups excluding carboxylic acids is 1. The Morgan fingerprint density at radius 1 is 1.25 bits per heavy atom. The molecule has 1 aromatic rings. The molecule has 0 saturated heterocycles. The minimum Gasteiger partial charge on any atom is -0.444 e. The molecule has 2 fully saturated rings. The Balaban J connectivity index is 1.72. The van der Waals surface area contributed by atoms with Crippen LogP contribution in [0.2, 0.25) is 5.02 Å². The van der Waals surface area contributed by atoms with E-state index in [0.29, 0.717) is 0 Å². The molecule has 24 heavy (non-hydrogen) atoms. The van der Waals surface area contributed by atoms with Crippen LogP contribution in [-0.4, -0.2) is 17.2 Å². The van der Waals surface area contributed by atoms with E-state index in [9.17, 15) is 4.79 Å². The third-order valence-corrected chi connectivity index (χ3v) is 4.88. The fraction of sp³-hybridized carbons (Fsp3) is 0.550. The van der Waals surface area contributed by atoms with Gasteiger partial charge in [0.05, 0.1) is 0 Å². The van der Waals surface area contributed by atoms with Crippen LogP contribution in [0.15, 0.2) is 18.2 Å². The zero-order valence-electron chi connectivity index (χ0n) is 14.8. The van der Waals surface area contributed by atoms with Gasteiger partial charge >= 0.3 is 6.09 Å². The van der Waals surface area contributed by atoms with E-state index in [1.165, 1.54) is 18.4 Å². The van der Waals surface area contributed by atoms with Gasteiger partial charge in [-0.15, -0.1) is 0 Å². The van der Waals surface area contributed by atoms with Gasteiger partial charge in [0, 0.05) is 10.6 Å². The normalized spacial score (nSPS) is 19.7. The largest absolute Gasteiger partial charge is 0.444 e. The summed E-state index contributed by atoms with van der Waals surface area (Å²) >= 11 is 6.33. The molecule has 0 bridgehead atoms. The average Bonchev–Trinajstić information content (AvgIpc) is 3.36.